The number of carbonyl (C=O) groups is 1. The lowest BCUT2D eigenvalue weighted by Crippen LogP contribution is -2.05. The Morgan fingerprint density at radius 2 is 1.87 bits per heavy atom. The maximum atomic E-state index is 11.5. The Bertz CT molecular complexity index is 977. The van der Waals surface area contributed by atoms with Gasteiger partial charge in [-0.05, 0) is 68.1 Å². The summed E-state index contributed by atoms with van der Waals surface area (Å²) >= 11 is 0. The number of aromatic nitrogens is 2. The van der Waals surface area contributed by atoms with Gasteiger partial charge in [0, 0.05) is 18.7 Å². The van der Waals surface area contributed by atoms with Crippen LogP contribution in [-0.2, 0) is 16.0 Å². The fourth-order valence-electron chi connectivity index (χ4n) is 3.03. The molecule has 0 aliphatic heterocycles. The lowest BCUT2D eigenvalue weighted by molar-refractivity contribution is -0.143. The highest BCUT2D eigenvalue weighted by atomic mass is 16.5. The lowest BCUT2D eigenvalue weighted by atomic mass is 10.2. The molecule has 1 fully saturated rings. The highest BCUT2D eigenvalue weighted by Crippen LogP contribution is 2.31. The van der Waals surface area contributed by atoms with E-state index in [2.05, 4.69) is 5.10 Å². The van der Waals surface area contributed by atoms with Crippen molar-refractivity contribution in [2.45, 2.75) is 32.6 Å². The number of rotatable bonds is 10. The number of benzene rings is 2. The van der Waals surface area contributed by atoms with E-state index in [0.29, 0.717) is 19.4 Å². The number of hydrogen-bond acceptors (Lipinski definition) is 5. The molecule has 0 unspecified atom stereocenters. The van der Waals surface area contributed by atoms with Gasteiger partial charge in [-0.2, -0.15) is 5.10 Å². The van der Waals surface area contributed by atoms with Crippen molar-refractivity contribution in [1.29, 1.82) is 0 Å². The van der Waals surface area contributed by atoms with E-state index in [-0.39, 0.29) is 5.97 Å². The van der Waals surface area contributed by atoms with Gasteiger partial charge in [-0.1, -0.05) is 6.07 Å². The van der Waals surface area contributed by atoms with Crippen molar-refractivity contribution in [3.8, 4) is 22.9 Å². The summed E-state index contributed by atoms with van der Waals surface area (Å²) in [6, 6.07) is 17.4. The Morgan fingerprint density at radius 3 is 2.63 bits per heavy atom. The van der Waals surface area contributed by atoms with Crippen LogP contribution < -0.4 is 9.47 Å². The fourth-order valence-corrected chi connectivity index (χ4v) is 3.03. The number of ether oxygens (including phenoxy) is 3. The summed E-state index contributed by atoms with van der Waals surface area (Å²) < 4.78 is 18.5. The molecule has 2 aromatic carbocycles. The smallest absolute Gasteiger partial charge is 0.306 e. The van der Waals surface area contributed by atoms with Crippen LogP contribution in [0.25, 0.3) is 5.69 Å². The first-order chi connectivity index (χ1) is 14.7. The van der Waals surface area contributed by atoms with Crippen LogP contribution in [0.2, 0.25) is 0 Å². The van der Waals surface area contributed by atoms with Gasteiger partial charge in [0.2, 0.25) is 0 Å². The van der Waals surface area contributed by atoms with Gasteiger partial charge in [0.1, 0.15) is 17.2 Å². The molecule has 6 nitrogen and oxygen atoms in total. The fraction of sp³-hybridized carbons (Fsp3) is 0.333. The molecule has 0 bridgehead atoms. The summed E-state index contributed by atoms with van der Waals surface area (Å²) in [6.45, 7) is 2.99. The van der Waals surface area contributed by atoms with E-state index < -0.39 is 0 Å². The third-order valence-electron chi connectivity index (χ3n) is 4.86. The molecule has 0 spiro atoms. The van der Waals surface area contributed by atoms with Gasteiger partial charge in [0.15, 0.2) is 0 Å². The summed E-state index contributed by atoms with van der Waals surface area (Å²) in [5.74, 6) is 2.85. The standard InChI is InChI=1S/C24H26N2O4/c1-2-28-24(27)13-8-19-14-15-26(25-19)20-9-11-21(12-10-20)30-23-5-3-4-22(16-23)29-17-18-6-7-18/h3-5,9-12,14-16,18H,2,6-8,13,17H2,1H3. The normalized spacial score (nSPS) is 13.1. The molecule has 0 atom stereocenters. The van der Waals surface area contributed by atoms with Crippen LogP contribution in [0, 0.1) is 5.92 Å². The average molecular weight is 406 g/mol. The van der Waals surface area contributed by atoms with Crippen molar-refractivity contribution in [3.63, 3.8) is 0 Å². The second-order valence-corrected chi connectivity index (χ2v) is 7.38. The molecular weight excluding hydrogens is 380 g/mol. The van der Waals surface area contributed by atoms with Gasteiger partial charge in [-0.25, -0.2) is 4.68 Å². The summed E-state index contributed by atoms with van der Waals surface area (Å²) in [4.78, 5) is 11.5. The van der Waals surface area contributed by atoms with Crippen molar-refractivity contribution in [3.05, 3.63) is 66.5 Å². The Labute approximate surface area is 176 Å². The monoisotopic (exact) mass is 406 g/mol. The van der Waals surface area contributed by atoms with Crippen LogP contribution >= 0.6 is 0 Å². The Hall–Kier alpha value is -3.28. The van der Waals surface area contributed by atoms with Gasteiger partial charge in [0.25, 0.3) is 0 Å². The molecule has 0 saturated heterocycles. The Balaban J connectivity index is 1.34. The van der Waals surface area contributed by atoms with E-state index in [9.17, 15) is 4.79 Å². The van der Waals surface area contributed by atoms with Crippen molar-refractivity contribution >= 4 is 5.97 Å². The van der Waals surface area contributed by atoms with Gasteiger partial charge in [-0.3, -0.25) is 4.79 Å². The zero-order valence-corrected chi connectivity index (χ0v) is 17.1. The second kappa shape index (κ2) is 9.48. The zero-order chi connectivity index (χ0) is 20.8. The highest BCUT2D eigenvalue weighted by molar-refractivity contribution is 5.69. The molecule has 0 radical (unpaired) electrons. The maximum Gasteiger partial charge on any atom is 0.306 e. The van der Waals surface area contributed by atoms with Gasteiger partial charge >= 0.3 is 5.97 Å². The van der Waals surface area contributed by atoms with Crippen LogP contribution in [-0.4, -0.2) is 29.0 Å². The van der Waals surface area contributed by atoms with E-state index in [1.165, 1.54) is 12.8 Å². The Kier molecular flexibility index (Phi) is 6.32. The molecule has 1 saturated carbocycles. The summed E-state index contributed by atoms with van der Waals surface area (Å²) in [5.41, 5.74) is 1.78. The first-order valence-electron chi connectivity index (χ1n) is 10.4. The first-order valence-corrected chi connectivity index (χ1v) is 10.4. The molecule has 4 rings (SSSR count). The highest BCUT2D eigenvalue weighted by Gasteiger charge is 2.21. The third-order valence-corrected chi connectivity index (χ3v) is 4.86. The lowest BCUT2D eigenvalue weighted by Gasteiger charge is -2.09. The predicted molar refractivity (Wildman–Crippen MR) is 113 cm³/mol. The van der Waals surface area contributed by atoms with Crippen LogP contribution in [0.5, 0.6) is 17.2 Å². The SMILES string of the molecule is CCOC(=O)CCc1ccn(-c2ccc(Oc3cccc(OCC4CC4)c3)cc2)n1. The summed E-state index contributed by atoms with van der Waals surface area (Å²) in [6.07, 6.45) is 5.32. The molecule has 6 heteroatoms. The van der Waals surface area contributed by atoms with E-state index in [4.69, 9.17) is 14.2 Å². The van der Waals surface area contributed by atoms with Crippen molar-refractivity contribution in [1.82, 2.24) is 9.78 Å². The van der Waals surface area contributed by atoms with E-state index in [1.807, 2.05) is 60.8 Å². The van der Waals surface area contributed by atoms with Crippen LogP contribution in [0.1, 0.15) is 31.9 Å². The number of esters is 1. The summed E-state index contributed by atoms with van der Waals surface area (Å²) in [5, 5.41) is 4.53. The maximum absolute atomic E-state index is 11.5. The predicted octanol–water partition coefficient (Wildman–Crippen LogP) is 4.95. The second-order valence-electron chi connectivity index (χ2n) is 7.38. The minimum absolute atomic E-state index is 0.199. The molecule has 1 aliphatic carbocycles. The number of nitrogens with zero attached hydrogens (tertiary/aromatic N) is 2. The molecule has 1 aliphatic rings. The van der Waals surface area contributed by atoms with Crippen LogP contribution in [0.3, 0.4) is 0 Å². The molecule has 1 aromatic heterocycles. The molecular formula is C24H26N2O4. The van der Waals surface area contributed by atoms with E-state index in [1.54, 1.807) is 11.6 Å². The molecule has 156 valence electrons. The van der Waals surface area contributed by atoms with Gasteiger partial charge < -0.3 is 14.2 Å². The third kappa shape index (κ3) is 5.63. The summed E-state index contributed by atoms with van der Waals surface area (Å²) in [7, 11) is 0. The molecule has 0 N–H and O–H groups in total. The van der Waals surface area contributed by atoms with Gasteiger partial charge in [-0.15, -0.1) is 0 Å². The molecule has 0 amide bonds. The molecule has 1 heterocycles. The van der Waals surface area contributed by atoms with Crippen LogP contribution in [0.4, 0.5) is 0 Å². The molecule has 30 heavy (non-hydrogen) atoms. The average Bonchev–Trinajstić information content (AvgIpc) is 3.47. The number of hydrogen-bond donors (Lipinski definition) is 0. The van der Waals surface area contributed by atoms with E-state index >= 15 is 0 Å². The molecule has 3 aromatic rings. The van der Waals surface area contributed by atoms with Crippen molar-refractivity contribution < 1.29 is 19.0 Å². The topological polar surface area (TPSA) is 62.6 Å². The van der Waals surface area contributed by atoms with Crippen molar-refractivity contribution in [2.24, 2.45) is 5.92 Å². The largest absolute Gasteiger partial charge is 0.493 e. The van der Waals surface area contributed by atoms with Crippen LogP contribution in [0.15, 0.2) is 60.8 Å². The van der Waals surface area contributed by atoms with Gasteiger partial charge in [0.05, 0.1) is 31.0 Å². The minimum Gasteiger partial charge on any atom is -0.493 e. The first kappa shape index (κ1) is 20.0. The number of carbonyl (C=O) groups excluding carboxylic acids is 1. The minimum atomic E-state index is -0.199. The number of aryl methyl sites for hydroxylation is 1. The zero-order valence-electron chi connectivity index (χ0n) is 17.1. The quantitative estimate of drug-likeness (QED) is 0.446. The Morgan fingerprint density at radius 1 is 1.07 bits per heavy atom. The van der Waals surface area contributed by atoms with Crippen molar-refractivity contribution in [2.75, 3.05) is 13.2 Å². The van der Waals surface area contributed by atoms with E-state index in [0.717, 1.165) is 41.2 Å².